The van der Waals surface area contributed by atoms with Crippen LogP contribution in [0.3, 0.4) is 0 Å². The summed E-state index contributed by atoms with van der Waals surface area (Å²) in [5, 5.41) is 8.99. The second kappa shape index (κ2) is 4.65. The van der Waals surface area contributed by atoms with Crippen molar-refractivity contribution in [2.75, 3.05) is 18.0 Å². The molecule has 94 valence electrons. The molecule has 0 radical (unpaired) electrons. The Bertz CT molecular complexity index is 523. The van der Waals surface area contributed by atoms with E-state index in [1.54, 1.807) is 12.1 Å². The Labute approximate surface area is 105 Å². The number of nitrogens with two attached hydrogens (primary N) is 1. The molecule has 2 rings (SSSR count). The van der Waals surface area contributed by atoms with Gasteiger partial charge in [-0.1, -0.05) is 13.0 Å². The van der Waals surface area contributed by atoms with Gasteiger partial charge in [0.05, 0.1) is 11.6 Å². The van der Waals surface area contributed by atoms with E-state index in [0.717, 1.165) is 0 Å². The molecule has 5 heteroatoms. The average Bonchev–Trinajstić information content (AvgIpc) is 2.71. The highest BCUT2D eigenvalue weighted by Crippen LogP contribution is 2.30. The molecule has 1 heterocycles. The molecule has 1 aromatic rings. The topological polar surface area (TPSA) is 70.1 Å². The van der Waals surface area contributed by atoms with Gasteiger partial charge in [0.15, 0.2) is 0 Å². The molecule has 0 aromatic heterocycles. The van der Waals surface area contributed by atoms with Crippen LogP contribution in [0.1, 0.15) is 12.5 Å². The molecule has 0 spiro atoms. The number of halogens is 1. The second-order valence-corrected chi connectivity index (χ2v) is 4.64. The SMILES string of the molecule is C[C@@H]1CN(c2cccc(F)c2C#N)C[C@H]1C(N)=O. The summed E-state index contributed by atoms with van der Waals surface area (Å²) in [6, 6.07) is 6.38. The summed E-state index contributed by atoms with van der Waals surface area (Å²) >= 11 is 0. The summed E-state index contributed by atoms with van der Waals surface area (Å²) in [4.78, 5) is 13.1. The van der Waals surface area contributed by atoms with Gasteiger partial charge in [0.1, 0.15) is 17.4 Å². The highest BCUT2D eigenvalue weighted by atomic mass is 19.1. The number of hydrogen-bond acceptors (Lipinski definition) is 3. The first-order valence-electron chi connectivity index (χ1n) is 5.77. The molecule has 1 saturated heterocycles. The maximum absolute atomic E-state index is 13.5. The molecule has 0 saturated carbocycles. The minimum Gasteiger partial charge on any atom is -0.369 e. The van der Waals surface area contributed by atoms with E-state index in [4.69, 9.17) is 11.0 Å². The van der Waals surface area contributed by atoms with Crippen molar-refractivity contribution >= 4 is 11.6 Å². The second-order valence-electron chi connectivity index (χ2n) is 4.64. The van der Waals surface area contributed by atoms with E-state index in [-0.39, 0.29) is 23.3 Å². The fourth-order valence-corrected chi connectivity index (χ4v) is 2.42. The van der Waals surface area contributed by atoms with Gasteiger partial charge in [-0.3, -0.25) is 4.79 Å². The number of carbonyl (C=O) groups is 1. The molecule has 1 aromatic carbocycles. The molecule has 1 amide bonds. The molecule has 1 aliphatic rings. The van der Waals surface area contributed by atoms with Gasteiger partial charge in [-0.25, -0.2) is 4.39 Å². The van der Waals surface area contributed by atoms with Gasteiger partial charge in [0.2, 0.25) is 5.91 Å². The van der Waals surface area contributed by atoms with Gasteiger partial charge in [-0.05, 0) is 18.1 Å². The van der Waals surface area contributed by atoms with E-state index in [9.17, 15) is 9.18 Å². The van der Waals surface area contributed by atoms with Crippen molar-refractivity contribution in [3.8, 4) is 6.07 Å². The quantitative estimate of drug-likeness (QED) is 0.855. The van der Waals surface area contributed by atoms with Crippen molar-refractivity contribution < 1.29 is 9.18 Å². The molecule has 0 unspecified atom stereocenters. The zero-order valence-electron chi connectivity index (χ0n) is 10.1. The van der Waals surface area contributed by atoms with Crippen molar-refractivity contribution in [2.45, 2.75) is 6.92 Å². The molecule has 0 bridgehead atoms. The molecule has 1 fully saturated rings. The summed E-state index contributed by atoms with van der Waals surface area (Å²) in [5.41, 5.74) is 5.88. The number of nitriles is 1. The van der Waals surface area contributed by atoms with Gasteiger partial charge in [-0.2, -0.15) is 5.26 Å². The summed E-state index contributed by atoms with van der Waals surface area (Å²) in [5.74, 6) is -1.03. The van der Waals surface area contributed by atoms with Crippen LogP contribution in [0.4, 0.5) is 10.1 Å². The fraction of sp³-hybridized carbons (Fsp3) is 0.385. The van der Waals surface area contributed by atoms with Gasteiger partial charge in [-0.15, -0.1) is 0 Å². The van der Waals surface area contributed by atoms with Crippen molar-refractivity contribution in [1.29, 1.82) is 5.26 Å². The lowest BCUT2D eigenvalue weighted by atomic mass is 9.98. The number of primary amides is 1. The van der Waals surface area contributed by atoms with Crippen LogP contribution in [-0.4, -0.2) is 19.0 Å². The maximum atomic E-state index is 13.5. The van der Waals surface area contributed by atoms with E-state index in [0.29, 0.717) is 18.8 Å². The molecular formula is C13H14FN3O. The average molecular weight is 247 g/mol. The number of nitrogens with zero attached hydrogens (tertiary/aromatic N) is 2. The Morgan fingerprint density at radius 2 is 2.28 bits per heavy atom. The van der Waals surface area contributed by atoms with Crippen molar-refractivity contribution in [1.82, 2.24) is 0 Å². The van der Waals surface area contributed by atoms with Crippen LogP contribution in [0.25, 0.3) is 0 Å². The van der Waals surface area contributed by atoms with Crippen molar-refractivity contribution in [3.05, 3.63) is 29.6 Å². The number of amides is 1. The van der Waals surface area contributed by atoms with Gasteiger partial charge in [0, 0.05) is 13.1 Å². The van der Waals surface area contributed by atoms with Crippen LogP contribution in [0, 0.1) is 29.0 Å². The molecule has 0 aliphatic carbocycles. The third-order valence-electron chi connectivity index (χ3n) is 3.42. The van der Waals surface area contributed by atoms with E-state index in [2.05, 4.69) is 0 Å². The van der Waals surface area contributed by atoms with Gasteiger partial charge in [0.25, 0.3) is 0 Å². The van der Waals surface area contributed by atoms with E-state index in [1.165, 1.54) is 6.07 Å². The van der Waals surface area contributed by atoms with Gasteiger partial charge >= 0.3 is 0 Å². The first-order chi connectivity index (χ1) is 8.54. The summed E-state index contributed by atoms with van der Waals surface area (Å²) < 4.78 is 13.5. The third kappa shape index (κ3) is 2.02. The Kier molecular flexibility index (Phi) is 3.19. The van der Waals surface area contributed by atoms with Crippen molar-refractivity contribution in [3.63, 3.8) is 0 Å². The predicted molar refractivity (Wildman–Crippen MR) is 65.2 cm³/mol. The highest BCUT2D eigenvalue weighted by Gasteiger charge is 2.34. The van der Waals surface area contributed by atoms with Crippen LogP contribution in [0.5, 0.6) is 0 Å². The van der Waals surface area contributed by atoms with Crippen LogP contribution in [0.2, 0.25) is 0 Å². The number of rotatable bonds is 2. The Morgan fingerprint density at radius 3 is 2.83 bits per heavy atom. The third-order valence-corrected chi connectivity index (χ3v) is 3.42. The first kappa shape index (κ1) is 12.4. The van der Waals surface area contributed by atoms with Crippen LogP contribution in [0.15, 0.2) is 18.2 Å². The first-order valence-corrected chi connectivity index (χ1v) is 5.77. The Balaban J connectivity index is 2.33. The minimum atomic E-state index is -0.537. The lowest BCUT2D eigenvalue weighted by Gasteiger charge is -2.19. The van der Waals surface area contributed by atoms with Crippen LogP contribution >= 0.6 is 0 Å². The van der Waals surface area contributed by atoms with E-state index >= 15 is 0 Å². The zero-order valence-corrected chi connectivity index (χ0v) is 10.1. The molecule has 4 nitrogen and oxygen atoms in total. The Morgan fingerprint density at radius 1 is 1.56 bits per heavy atom. The number of carbonyl (C=O) groups excluding carboxylic acids is 1. The molecule has 2 N–H and O–H groups in total. The number of benzene rings is 1. The number of anilines is 1. The smallest absolute Gasteiger partial charge is 0.222 e. The number of hydrogen-bond donors (Lipinski definition) is 1. The lowest BCUT2D eigenvalue weighted by Crippen LogP contribution is -2.29. The van der Waals surface area contributed by atoms with E-state index < -0.39 is 5.82 Å². The van der Waals surface area contributed by atoms with Crippen molar-refractivity contribution in [2.24, 2.45) is 17.6 Å². The molecular weight excluding hydrogens is 233 g/mol. The summed E-state index contributed by atoms with van der Waals surface area (Å²) in [6.07, 6.45) is 0. The largest absolute Gasteiger partial charge is 0.369 e. The highest BCUT2D eigenvalue weighted by molar-refractivity contribution is 5.79. The maximum Gasteiger partial charge on any atom is 0.222 e. The molecule has 18 heavy (non-hydrogen) atoms. The zero-order chi connectivity index (χ0) is 13.3. The molecule has 2 atom stereocenters. The summed E-state index contributed by atoms with van der Waals surface area (Å²) in [6.45, 7) is 2.97. The lowest BCUT2D eigenvalue weighted by molar-refractivity contribution is -0.122. The Hall–Kier alpha value is -2.09. The normalized spacial score (nSPS) is 22.8. The predicted octanol–water partition coefficient (Wildman–Crippen LogP) is 1.25. The van der Waals surface area contributed by atoms with E-state index in [1.807, 2.05) is 17.9 Å². The summed E-state index contributed by atoms with van der Waals surface area (Å²) in [7, 11) is 0. The van der Waals surface area contributed by atoms with Gasteiger partial charge < -0.3 is 10.6 Å². The monoisotopic (exact) mass is 247 g/mol. The molecule has 1 aliphatic heterocycles. The standard InChI is InChI=1S/C13H14FN3O/c1-8-6-17(7-10(8)13(16)18)12-4-2-3-11(14)9(12)5-15/h2-4,8,10H,6-7H2,1H3,(H2,16,18)/t8-,10-/m1/s1. The van der Waals surface area contributed by atoms with Crippen LogP contribution < -0.4 is 10.6 Å². The minimum absolute atomic E-state index is 0.0230. The van der Waals surface area contributed by atoms with Crippen LogP contribution in [-0.2, 0) is 4.79 Å². The fourth-order valence-electron chi connectivity index (χ4n) is 2.42.